The van der Waals surface area contributed by atoms with E-state index in [0.717, 1.165) is 5.56 Å². The normalized spacial score (nSPS) is 26.0. The predicted octanol–water partition coefficient (Wildman–Crippen LogP) is 3.18. The Hall–Kier alpha value is -3.65. The van der Waals surface area contributed by atoms with Gasteiger partial charge in [0.2, 0.25) is 10.0 Å². The fourth-order valence-corrected chi connectivity index (χ4v) is 7.33. The number of aliphatic hydroxyl groups is 3. The van der Waals surface area contributed by atoms with Gasteiger partial charge in [-0.25, -0.2) is 17.5 Å². The van der Waals surface area contributed by atoms with Gasteiger partial charge in [-0.05, 0) is 36.6 Å². The smallest absolute Gasteiger partial charge is 0.244 e. The van der Waals surface area contributed by atoms with Crippen LogP contribution in [0.25, 0.3) is 22.4 Å². The summed E-state index contributed by atoms with van der Waals surface area (Å²) in [5.74, 6) is 0.0540. The number of sulfonamides is 1. The van der Waals surface area contributed by atoms with Crippen molar-refractivity contribution < 1.29 is 37.4 Å². The van der Waals surface area contributed by atoms with Crippen molar-refractivity contribution in [2.24, 2.45) is 5.41 Å². The first-order chi connectivity index (χ1) is 21.1. The fourth-order valence-electron chi connectivity index (χ4n) is 6.13. The Morgan fingerprint density at radius 3 is 2.43 bits per heavy atom. The number of fused-ring (bicyclic) bond motifs is 1. The first kappa shape index (κ1) is 30.4. The van der Waals surface area contributed by atoms with Crippen LogP contribution in [-0.2, 0) is 16.6 Å². The van der Waals surface area contributed by atoms with Gasteiger partial charge in [0, 0.05) is 42.2 Å². The zero-order valence-electron chi connectivity index (χ0n) is 23.8. The lowest BCUT2D eigenvalue weighted by Gasteiger charge is -2.36. The van der Waals surface area contributed by atoms with Crippen molar-refractivity contribution in [3.63, 3.8) is 0 Å². The lowest BCUT2D eigenvalue weighted by atomic mass is 9.85. The van der Waals surface area contributed by atoms with Gasteiger partial charge in [0.1, 0.15) is 22.2 Å². The molecule has 3 aromatic carbocycles. The summed E-state index contributed by atoms with van der Waals surface area (Å²) in [6.45, 7) is 0.247. The largest absolute Gasteiger partial charge is 0.492 e. The second kappa shape index (κ2) is 12.4. The van der Waals surface area contributed by atoms with Crippen molar-refractivity contribution in [1.82, 2.24) is 14.8 Å². The Balaban J connectivity index is 1.34. The number of benzene rings is 3. The Morgan fingerprint density at radius 2 is 1.68 bits per heavy atom. The molecule has 1 unspecified atom stereocenters. The van der Waals surface area contributed by atoms with E-state index >= 15 is 0 Å². The van der Waals surface area contributed by atoms with E-state index in [1.165, 1.54) is 24.3 Å². The molecule has 0 bridgehead atoms. The summed E-state index contributed by atoms with van der Waals surface area (Å²) in [5, 5.41) is 36.4. The standard InChI is InChI=1S/C32H34FN3O7S/c33-26-9-5-4-8-25(26)22-10-11-31-30(12-22)42-20-32(14-28(38)29(39)15-32)19-36(17-23(37)16-34-44(31,40)41)18-24-13-27(35-43-24)21-6-2-1-3-7-21/h1-13,23,28-29,34,37-39H,14-20H2/t23-,28-,29+,32?/m0/s1. The van der Waals surface area contributed by atoms with Gasteiger partial charge in [0.25, 0.3) is 0 Å². The second-order valence-electron chi connectivity index (χ2n) is 11.7. The van der Waals surface area contributed by atoms with Crippen molar-refractivity contribution in [3.8, 4) is 28.1 Å². The van der Waals surface area contributed by atoms with E-state index in [2.05, 4.69) is 9.88 Å². The lowest BCUT2D eigenvalue weighted by Crippen LogP contribution is -2.46. The third-order valence-electron chi connectivity index (χ3n) is 8.23. The molecule has 4 aromatic rings. The van der Waals surface area contributed by atoms with Gasteiger partial charge in [0.15, 0.2) is 5.76 Å². The third-order valence-corrected chi connectivity index (χ3v) is 9.69. The van der Waals surface area contributed by atoms with Crippen molar-refractivity contribution in [2.75, 3.05) is 26.2 Å². The molecule has 6 rings (SSSR count). The summed E-state index contributed by atoms with van der Waals surface area (Å²) in [4.78, 5) is 1.73. The lowest BCUT2D eigenvalue weighted by molar-refractivity contribution is 0.0389. The van der Waals surface area contributed by atoms with E-state index in [4.69, 9.17) is 9.26 Å². The van der Waals surface area contributed by atoms with Crippen molar-refractivity contribution >= 4 is 10.0 Å². The molecule has 4 atom stereocenters. The van der Waals surface area contributed by atoms with E-state index in [1.807, 2.05) is 41.3 Å². The average molecular weight is 624 g/mol. The molecule has 2 aliphatic rings. The number of hydrogen-bond donors (Lipinski definition) is 4. The average Bonchev–Trinajstić information content (AvgIpc) is 3.58. The van der Waals surface area contributed by atoms with Gasteiger partial charge in [-0.3, -0.25) is 4.90 Å². The molecule has 1 spiro atoms. The highest BCUT2D eigenvalue weighted by molar-refractivity contribution is 7.89. The maximum absolute atomic E-state index is 14.6. The van der Waals surface area contributed by atoms with Gasteiger partial charge in [-0.15, -0.1) is 0 Å². The van der Waals surface area contributed by atoms with Gasteiger partial charge < -0.3 is 24.6 Å². The maximum atomic E-state index is 14.6. The molecule has 12 heteroatoms. The van der Waals surface area contributed by atoms with Crippen molar-refractivity contribution in [1.29, 1.82) is 0 Å². The number of β-amino-alcohol motifs (C(OH)–C–C–N with tert-alkyl or cyclic N) is 1. The molecular formula is C32H34FN3O7S. The topological polar surface area (TPSA) is 145 Å². The number of rotatable bonds is 4. The number of hydrogen-bond acceptors (Lipinski definition) is 9. The van der Waals surface area contributed by atoms with E-state index in [1.54, 1.807) is 18.2 Å². The first-order valence-corrected chi connectivity index (χ1v) is 15.9. The van der Waals surface area contributed by atoms with Gasteiger partial charge in [-0.1, -0.05) is 59.8 Å². The van der Waals surface area contributed by atoms with Crippen molar-refractivity contribution in [2.45, 2.75) is 42.6 Å². The summed E-state index contributed by atoms with van der Waals surface area (Å²) >= 11 is 0. The molecule has 1 fully saturated rings. The number of halogens is 1. The van der Waals surface area contributed by atoms with Crippen LogP contribution in [0.3, 0.4) is 0 Å². The molecule has 1 aliphatic carbocycles. The zero-order valence-corrected chi connectivity index (χ0v) is 24.7. The quantitative estimate of drug-likeness (QED) is 0.269. The SMILES string of the molecule is O=S1(=O)NC[C@H](O)CN(Cc2cc(-c3ccccc3)no2)CC2(COc3cc(-c4ccccc4F)ccc31)C[C@@H](O)[C@@H](O)C2. The Bertz CT molecular complexity index is 1710. The monoisotopic (exact) mass is 623 g/mol. The molecule has 232 valence electrons. The maximum Gasteiger partial charge on any atom is 0.244 e. The van der Waals surface area contributed by atoms with Crippen LogP contribution in [0.2, 0.25) is 0 Å². The molecule has 0 saturated heterocycles. The molecule has 44 heavy (non-hydrogen) atoms. The van der Waals surface area contributed by atoms with Gasteiger partial charge >= 0.3 is 0 Å². The number of ether oxygens (including phenoxy) is 1. The minimum Gasteiger partial charge on any atom is -0.492 e. The second-order valence-corrected chi connectivity index (χ2v) is 13.4. The third kappa shape index (κ3) is 6.55. The van der Waals surface area contributed by atoms with Crippen LogP contribution in [0, 0.1) is 11.2 Å². The van der Waals surface area contributed by atoms with E-state index in [9.17, 15) is 28.1 Å². The van der Waals surface area contributed by atoms with Crippen LogP contribution in [0.15, 0.2) is 88.3 Å². The summed E-state index contributed by atoms with van der Waals surface area (Å²) in [6.07, 6.45) is -2.76. The van der Waals surface area contributed by atoms with Crippen LogP contribution in [-0.4, -0.2) is 78.3 Å². The molecule has 0 amide bonds. The van der Waals surface area contributed by atoms with Crippen LogP contribution >= 0.6 is 0 Å². The summed E-state index contributed by atoms with van der Waals surface area (Å²) in [6, 6.07) is 21.8. The highest BCUT2D eigenvalue weighted by atomic mass is 32.2. The fraction of sp³-hybridized carbons (Fsp3) is 0.344. The van der Waals surface area contributed by atoms with E-state index < -0.39 is 39.6 Å². The van der Waals surface area contributed by atoms with Crippen LogP contribution in [0.4, 0.5) is 4.39 Å². The summed E-state index contributed by atoms with van der Waals surface area (Å²) < 4.78 is 55.8. The number of nitrogens with zero attached hydrogens (tertiary/aromatic N) is 2. The van der Waals surface area contributed by atoms with E-state index in [0.29, 0.717) is 17.0 Å². The zero-order chi connectivity index (χ0) is 30.9. The molecular weight excluding hydrogens is 589 g/mol. The van der Waals surface area contributed by atoms with Crippen LogP contribution in [0.1, 0.15) is 18.6 Å². The Morgan fingerprint density at radius 1 is 0.955 bits per heavy atom. The van der Waals surface area contributed by atoms with Crippen molar-refractivity contribution in [3.05, 3.63) is 90.4 Å². The molecule has 2 heterocycles. The summed E-state index contributed by atoms with van der Waals surface area (Å²) in [7, 11) is -4.15. The molecule has 1 aromatic heterocycles. The number of nitrogens with one attached hydrogen (secondary N) is 1. The Kier molecular flexibility index (Phi) is 8.55. The molecule has 10 nitrogen and oxygen atoms in total. The summed E-state index contributed by atoms with van der Waals surface area (Å²) in [5.41, 5.74) is 1.41. The first-order valence-electron chi connectivity index (χ1n) is 14.4. The minimum absolute atomic E-state index is 0.00198. The highest BCUT2D eigenvalue weighted by Gasteiger charge is 2.46. The predicted molar refractivity (Wildman–Crippen MR) is 159 cm³/mol. The van der Waals surface area contributed by atoms with Crippen LogP contribution in [0.5, 0.6) is 5.75 Å². The van der Waals surface area contributed by atoms with Crippen LogP contribution < -0.4 is 9.46 Å². The number of aromatic nitrogens is 1. The Labute approximate surface area is 254 Å². The van der Waals surface area contributed by atoms with Gasteiger partial charge in [-0.2, -0.15) is 0 Å². The van der Waals surface area contributed by atoms with Gasteiger partial charge in [0.05, 0.1) is 31.5 Å². The molecule has 1 saturated carbocycles. The molecule has 4 N–H and O–H groups in total. The molecule has 0 radical (unpaired) electrons. The minimum atomic E-state index is -4.15. The molecule has 1 aliphatic heterocycles. The van der Waals surface area contributed by atoms with E-state index in [-0.39, 0.29) is 61.8 Å². The number of aliphatic hydroxyl groups excluding tert-OH is 3. The highest BCUT2D eigenvalue weighted by Crippen LogP contribution is 2.42.